The first kappa shape index (κ1) is 15.7. The summed E-state index contributed by atoms with van der Waals surface area (Å²) in [7, 11) is 0. The fourth-order valence-electron chi connectivity index (χ4n) is 2.31. The third-order valence-electron chi connectivity index (χ3n) is 3.55. The lowest BCUT2D eigenvalue weighted by molar-refractivity contribution is 0.801. The van der Waals surface area contributed by atoms with Crippen LogP contribution in [0.2, 0.25) is 0 Å². The molecule has 7 heteroatoms. The molecule has 0 radical (unpaired) electrons. The molecule has 0 atom stereocenters. The highest BCUT2D eigenvalue weighted by Gasteiger charge is 2.06. The zero-order chi connectivity index (χ0) is 17.1. The highest BCUT2D eigenvalue weighted by Crippen LogP contribution is 2.13. The first-order valence-electron chi connectivity index (χ1n) is 7.55. The Hall–Kier alpha value is -3.22. The van der Waals surface area contributed by atoms with Crippen molar-refractivity contribution in [1.29, 1.82) is 0 Å². The minimum absolute atomic E-state index is 0.599. The number of nitrogens with one attached hydrogen (secondary N) is 1. The van der Waals surface area contributed by atoms with E-state index < -0.39 is 0 Å². The van der Waals surface area contributed by atoms with Gasteiger partial charge in [-0.15, -0.1) is 0 Å². The zero-order valence-electron chi connectivity index (χ0n) is 13.9. The number of hydrazone groups is 1. The maximum atomic E-state index is 5.70. The van der Waals surface area contributed by atoms with Crippen LogP contribution in [0.5, 0.6) is 0 Å². The highest BCUT2D eigenvalue weighted by molar-refractivity contribution is 5.99. The van der Waals surface area contributed by atoms with Gasteiger partial charge in [-0.3, -0.25) is 5.43 Å². The molecule has 0 aliphatic rings. The Morgan fingerprint density at radius 2 is 1.88 bits per heavy atom. The van der Waals surface area contributed by atoms with Crippen molar-refractivity contribution in [2.75, 3.05) is 11.2 Å². The van der Waals surface area contributed by atoms with Gasteiger partial charge in [0.2, 0.25) is 0 Å². The van der Waals surface area contributed by atoms with Crippen LogP contribution in [-0.4, -0.2) is 25.5 Å². The minimum atomic E-state index is 0.599. The molecule has 0 fully saturated rings. The van der Waals surface area contributed by atoms with E-state index in [0.717, 1.165) is 28.4 Å². The molecule has 0 bridgehead atoms. The predicted octanol–water partition coefficient (Wildman–Crippen LogP) is 2.70. The van der Waals surface area contributed by atoms with Crippen LogP contribution in [0.4, 0.5) is 11.5 Å². The fourth-order valence-corrected chi connectivity index (χ4v) is 2.31. The zero-order valence-corrected chi connectivity index (χ0v) is 13.9. The van der Waals surface area contributed by atoms with E-state index >= 15 is 0 Å². The van der Waals surface area contributed by atoms with Gasteiger partial charge in [0.1, 0.15) is 6.33 Å². The number of nitrogen functional groups attached to an aromatic ring is 1. The Bertz CT molecular complexity index is 878. The van der Waals surface area contributed by atoms with Crippen molar-refractivity contribution in [3.63, 3.8) is 0 Å². The molecule has 24 heavy (non-hydrogen) atoms. The molecule has 0 spiro atoms. The van der Waals surface area contributed by atoms with E-state index in [9.17, 15) is 0 Å². The molecule has 122 valence electrons. The lowest BCUT2D eigenvalue weighted by atomic mass is 10.1. The second kappa shape index (κ2) is 6.49. The van der Waals surface area contributed by atoms with Crippen LogP contribution in [-0.2, 0) is 0 Å². The Kier molecular flexibility index (Phi) is 4.24. The molecule has 3 rings (SSSR count). The Balaban J connectivity index is 1.81. The van der Waals surface area contributed by atoms with Gasteiger partial charge in [0.05, 0.1) is 11.4 Å². The van der Waals surface area contributed by atoms with Gasteiger partial charge in [0.25, 0.3) is 0 Å². The highest BCUT2D eigenvalue weighted by atomic mass is 15.3. The number of nitrogens with two attached hydrogens (primary N) is 1. The Labute approximate surface area is 140 Å². The van der Waals surface area contributed by atoms with E-state index in [1.807, 2.05) is 51.1 Å². The maximum absolute atomic E-state index is 5.70. The average molecular weight is 321 g/mol. The number of aromatic nitrogens is 4. The van der Waals surface area contributed by atoms with E-state index in [1.54, 1.807) is 10.7 Å². The van der Waals surface area contributed by atoms with Crippen molar-refractivity contribution in [3.8, 4) is 5.82 Å². The summed E-state index contributed by atoms with van der Waals surface area (Å²) in [6.45, 7) is 5.85. The summed E-state index contributed by atoms with van der Waals surface area (Å²) in [5.41, 5.74) is 13.2. The molecule has 0 aliphatic carbocycles. The third kappa shape index (κ3) is 3.40. The molecule has 0 saturated heterocycles. The minimum Gasteiger partial charge on any atom is -0.399 e. The van der Waals surface area contributed by atoms with E-state index in [0.29, 0.717) is 11.6 Å². The molecule has 7 nitrogen and oxygen atoms in total. The first-order chi connectivity index (χ1) is 11.5. The topological polar surface area (TPSA) is 94.0 Å². The number of benzene rings is 1. The van der Waals surface area contributed by atoms with Crippen molar-refractivity contribution in [1.82, 2.24) is 19.7 Å². The van der Waals surface area contributed by atoms with Crippen LogP contribution in [0.1, 0.15) is 23.9 Å². The summed E-state index contributed by atoms with van der Waals surface area (Å²) in [4.78, 5) is 8.46. The molecular weight excluding hydrogens is 302 g/mol. The van der Waals surface area contributed by atoms with Gasteiger partial charge in [-0.2, -0.15) is 10.2 Å². The summed E-state index contributed by atoms with van der Waals surface area (Å²) in [5.74, 6) is 1.29. The standard InChI is InChI=1S/C17H19N7/c1-11-8-12(2)24(23-11)17-9-16(19-10-20-17)22-21-13(3)14-4-6-15(18)7-5-14/h4-10H,18H2,1-3H3,(H,19,20,22)/b21-13-. The Morgan fingerprint density at radius 1 is 1.12 bits per heavy atom. The van der Waals surface area contributed by atoms with Crippen LogP contribution < -0.4 is 11.2 Å². The number of hydrogen-bond acceptors (Lipinski definition) is 6. The van der Waals surface area contributed by atoms with Crippen LogP contribution in [0, 0.1) is 13.8 Å². The van der Waals surface area contributed by atoms with Gasteiger partial charge < -0.3 is 5.73 Å². The average Bonchev–Trinajstić information content (AvgIpc) is 2.92. The fraction of sp³-hybridized carbons (Fsp3) is 0.176. The van der Waals surface area contributed by atoms with Crippen LogP contribution in [0.15, 0.2) is 47.8 Å². The largest absolute Gasteiger partial charge is 0.399 e. The summed E-state index contributed by atoms with van der Waals surface area (Å²) in [6.07, 6.45) is 1.49. The molecule has 3 aromatic rings. The van der Waals surface area contributed by atoms with Crippen molar-refractivity contribution < 1.29 is 0 Å². The van der Waals surface area contributed by atoms with E-state index in [2.05, 4.69) is 25.6 Å². The number of hydrogen-bond donors (Lipinski definition) is 2. The van der Waals surface area contributed by atoms with Gasteiger partial charge >= 0.3 is 0 Å². The summed E-state index contributed by atoms with van der Waals surface area (Å²) in [5, 5.41) is 8.79. The monoisotopic (exact) mass is 321 g/mol. The van der Waals surface area contributed by atoms with Crippen molar-refractivity contribution in [3.05, 3.63) is 59.7 Å². The third-order valence-corrected chi connectivity index (χ3v) is 3.55. The van der Waals surface area contributed by atoms with E-state index in [-0.39, 0.29) is 0 Å². The SMILES string of the molecule is C/C(=N/Nc1cc(-n2nc(C)cc2C)ncn1)c1ccc(N)cc1. The van der Waals surface area contributed by atoms with Gasteiger partial charge in [-0.05, 0) is 44.5 Å². The summed E-state index contributed by atoms with van der Waals surface area (Å²) >= 11 is 0. The smallest absolute Gasteiger partial charge is 0.159 e. The van der Waals surface area contributed by atoms with Crippen molar-refractivity contribution in [2.45, 2.75) is 20.8 Å². The van der Waals surface area contributed by atoms with E-state index in [1.165, 1.54) is 6.33 Å². The van der Waals surface area contributed by atoms with Gasteiger partial charge in [-0.25, -0.2) is 14.6 Å². The molecule has 0 aliphatic heterocycles. The summed E-state index contributed by atoms with van der Waals surface area (Å²) in [6, 6.07) is 11.4. The maximum Gasteiger partial charge on any atom is 0.159 e. The molecule has 3 N–H and O–H groups in total. The predicted molar refractivity (Wildman–Crippen MR) is 95.3 cm³/mol. The number of nitrogens with zero attached hydrogens (tertiary/aromatic N) is 5. The molecule has 0 saturated carbocycles. The van der Waals surface area contributed by atoms with Gasteiger partial charge in [0.15, 0.2) is 11.6 Å². The number of anilines is 2. The molecular formula is C17H19N7. The van der Waals surface area contributed by atoms with Crippen LogP contribution >= 0.6 is 0 Å². The summed E-state index contributed by atoms with van der Waals surface area (Å²) < 4.78 is 1.78. The second-order valence-corrected chi connectivity index (χ2v) is 5.53. The van der Waals surface area contributed by atoms with Gasteiger partial charge in [0, 0.05) is 17.4 Å². The first-order valence-corrected chi connectivity index (χ1v) is 7.55. The molecule has 2 aromatic heterocycles. The number of aryl methyl sites for hydroxylation is 2. The molecule has 1 aromatic carbocycles. The Morgan fingerprint density at radius 3 is 2.54 bits per heavy atom. The second-order valence-electron chi connectivity index (χ2n) is 5.53. The lowest BCUT2D eigenvalue weighted by Crippen LogP contribution is -2.05. The lowest BCUT2D eigenvalue weighted by Gasteiger charge is -2.06. The van der Waals surface area contributed by atoms with E-state index in [4.69, 9.17) is 5.73 Å². The number of rotatable bonds is 4. The molecule has 0 amide bonds. The van der Waals surface area contributed by atoms with Crippen LogP contribution in [0.25, 0.3) is 5.82 Å². The van der Waals surface area contributed by atoms with Crippen molar-refractivity contribution >= 4 is 17.2 Å². The normalized spacial score (nSPS) is 11.5. The quantitative estimate of drug-likeness (QED) is 0.438. The van der Waals surface area contributed by atoms with Gasteiger partial charge in [-0.1, -0.05) is 12.1 Å². The molecule has 2 heterocycles. The van der Waals surface area contributed by atoms with Crippen molar-refractivity contribution in [2.24, 2.45) is 5.10 Å². The van der Waals surface area contributed by atoms with Crippen LogP contribution in [0.3, 0.4) is 0 Å². The molecule has 0 unspecified atom stereocenters.